The van der Waals surface area contributed by atoms with E-state index in [2.05, 4.69) is 11.9 Å². The molecule has 2 heteroatoms. The Hall–Kier alpha value is -0.0800. The molecule has 0 spiro atoms. The molecule has 2 aliphatic rings. The predicted molar refractivity (Wildman–Crippen MR) is 44.6 cm³/mol. The van der Waals surface area contributed by atoms with E-state index in [4.69, 9.17) is 4.74 Å². The fourth-order valence-corrected chi connectivity index (χ4v) is 2.55. The molecule has 2 unspecified atom stereocenters. The van der Waals surface area contributed by atoms with Gasteiger partial charge in [-0.25, -0.2) is 0 Å². The van der Waals surface area contributed by atoms with Crippen molar-refractivity contribution >= 4 is 0 Å². The average molecular weight is 155 g/mol. The fraction of sp³-hybridized carbons (Fsp3) is 1.00. The highest BCUT2D eigenvalue weighted by Crippen LogP contribution is 2.34. The Kier molecular flexibility index (Phi) is 1.90. The van der Waals surface area contributed by atoms with Gasteiger partial charge in [-0.15, -0.1) is 0 Å². The molecule has 2 fully saturated rings. The lowest BCUT2D eigenvalue weighted by Crippen LogP contribution is -2.42. The second-order valence-corrected chi connectivity index (χ2v) is 3.88. The summed E-state index contributed by atoms with van der Waals surface area (Å²) < 4.78 is 5.39. The van der Waals surface area contributed by atoms with Gasteiger partial charge in [0.1, 0.15) is 0 Å². The maximum absolute atomic E-state index is 5.39. The van der Waals surface area contributed by atoms with Crippen molar-refractivity contribution < 1.29 is 4.74 Å². The van der Waals surface area contributed by atoms with E-state index in [9.17, 15) is 0 Å². The van der Waals surface area contributed by atoms with Crippen molar-refractivity contribution in [2.75, 3.05) is 14.2 Å². The molecule has 2 saturated heterocycles. The van der Waals surface area contributed by atoms with Crippen LogP contribution in [-0.2, 0) is 4.74 Å². The van der Waals surface area contributed by atoms with Crippen LogP contribution in [0.5, 0.6) is 0 Å². The van der Waals surface area contributed by atoms with E-state index in [1.807, 2.05) is 7.11 Å². The first-order valence-corrected chi connectivity index (χ1v) is 4.56. The maximum Gasteiger partial charge on any atom is 0.0601 e. The monoisotopic (exact) mass is 155 g/mol. The standard InChI is InChI=1S/C9H17NO/c1-10-7-3-4-8(10)6-9(5-7)11-2/h7-9H,3-6H2,1-2H3/t7-,8?,9?/m0/s1. The van der Waals surface area contributed by atoms with Gasteiger partial charge in [0, 0.05) is 19.2 Å². The molecule has 2 bridgehead atoms. The Labute approximate surface area is 68.5 Å². The fourth-order valence-electron chi connectivity index (χ4n) is 2.55. The zero-order chi connectivity index (χ0) is 7.84. The highest BCUT2D eigenvalue weighted by atomic mass is 16.5. The van der Waals surface area contributed by atoms with Crippen LogP contribution in [0.1, 0.15) is 25.7 Å². The zero-order valence-corrected chi connectivity index (χ0v) is 7.42. The average Bonchev–Trinajstić information content (AvgIpc) is 2.26. The first-order chi connectivity index (χ1) is 5.31. The highest BCUT2D eigenvalue weighted by Gasteiger charge is 2.38. The van der Waals surface area contributed by atoms with Gasteiger partial charge in [-0.05, 0) is 32.7 Å². The first kappa shape index (κ1) is 7.56. The van der Waals surface area contributed by atoms with Crippen LogP contribution >= 0.6 is 0 Å². The van der Waals surface area contributed by atoms with Crippen molar-refractivity contribution in [1.82, 2.24) is 4.90 Å². The van der Waals surface area contributed by atoms with Crippen LogP contribution in [-0.4, -0.2) is 37.2 Å². The molecule has 0 amide bonds. The Balaban J connectivity index is 2.02. The summed E-state index contributed by atoms with van der Waals surface area (Å²) in [6, 6.07) is 1.64. The van der Waals surface area contributed by atoms with Gasteiger partial charge in [-0.1, -0.05) is 0 Å². The van der Waals surface area contributed by atoms with E-state index in [-0.39, 0.29) is 0 Å². The third kappa shape index (κ3) is 1.18. The summed E-state index contributed by atoms with van der Waals surface area (Å²) in [6.45, 7) is 0. The van der Waals surface area contributed by atoms with Gasteiger partial charge >= 0.3 is 0 Å². The van der Waals surface area contributed by atoms with Crippen molar-refractivity contribution in [2.24, 2.45) is 0 Å². The molecule has 0 aromatic carbocycles. The molecule has 11 heavy (non-hydrogen) atoms. The Morgan fingerprint density at radius 3 is 2.18 bits per heavy atom. The van der Waals surface area contributed by atoms with Crippen LogP contribution in [0.15, 0.2) is 0 Å². The molecule has 0 aromatic rings. The molecule has 2 aliphatic heterocycles. The molecule has 2 heterocycles. The second kappa shape index (κ2) is 2.76. The molecule has 0 radical (unpaired) electrons. The van der Waals surface area contributed by atoms with Crippen molar-refractivity contribution in [3.05, 3.63) is 0 Å². The minimum absolute atomic E-state index is 0.545. The Morgan fingerprint density at radius 2 is 1.73 bits per heavy atom. The number of piperidine rings is 1. The van der Waals surface area contributed by atoms with Gasteiger partial charge in [-0.3, -0.25) is 0 Å². The third-order valence-electron chi connectivity index (χ3n) is 3.39. The van der Waals surface area contributed by atoms with Crippen molar-refractivity contribution in [1.29, 1.82) is 0 Å². The molecule has 3 atom stereocenters. The lowest BCUT2D eigenvalue weighted by atomic mass is 10.0. The summed E-state index contributed by atoms with van der Waals surface area (Å²) in [5.74, 6) is 0. The second-order valence-electron chi connectivity index (χ2n) is 3.88. The van der Waals surface area contributed by atoms with Gasteiger partial charge in [0.25, 0.3) is 0 Å². The smallest absolute Gasteiger partial charge is 0.0601 e. The molecular formula is C9H17NO. The van der Waals surface area contributed by atoms with Crippen LogP contribution in [0, 0.1) is 0 Å². The lowest BCUT2D eigenvalue weighted by Gasteiger charge is -2.35. The predicted octanol–water partition coefficient (Wildman–Crippen LogP) is 1.26. The third-order valence-corrected chi connectivity index (χ3v) is 3.39. The normalized spacial score (nSPS) is 44.7. The zero-order valence-electron chi connectivity index (χ0n) is 7.42. The number of hydrogen-bond donors (Lipinski definition) is 0. The largest absolute Gasteiger partial charge is 0.381 e. The maximum atomic E-state index is 5.39. The van der Waals surface area contributed by atoms with Crippen molar-refractivity contribution in [2.45, 2.75) is 43.9 Å². The Bertz CT molecular complexity index is 134. The molecule has 2 rings (SSSR count). The quantitative estimate of drug-likeness (QED) is 0.565. The van der Waals surface area contributed by atoms with Crippen LogP contribution in [0.4, 0.5) is 0 Å². The van der Waals surface area contributed by atoms with Crippen LogP contribution in [0.25, 0.3) is 0 Å². The topological polar surface area (TPSA) is 12.5 Å². The molecule has 2 nitrogen and oxygen atoms in total. The van der Waals surface area contributed by atoms with E-state index < -0.39 is 0 Å². The number of rotatable bonds is 1. The van der Waals surface area contributed by atoms with Gasteiger partial charge in [0.05, 0.1) is 6.10 Å². The number of nitrogens with zero attached hydrogens (tertiary/aromatic N) is 1. The van der Waals surface area contributed by atoms with Crippen molar-refractivity contribution in [3.63, 3.8) is 0 Å². The minimum Gasteiger partial charge on any atom is -0.381 e. The van der Waals surface area contributed by atoms with Crippen molar-refractivity contribution in [3.8, 4) is 0 Å². The molecule has 64 valence electrons. The van der Waals surface area contributed by atoms with Crippen LogP contribution < -0.4 is 0 Å². The van der Waals surface area contributed by atoms with E-state index in [0.717, 1.165) is 12.1 Å². The summed E-state index contributed by atoms with van der Waals surface area (Å²) >= 11 is 0. The molecule has 0 N–H and O–H groups in total. The Morgan fingerprint density at radius 1 is 1.18 bits per heavy atom. The summed E-state index contributed by atoms with van der Waals surface area (Å²) in [4.78, 5) is 2.54. The van der Waals surface area contributed by atoms with E-state index in [1.165, 1.54) is 25.7 Å². The first-order valence-electron chi connectivity index (χ1n) is 4.56. The highest BCUT2D eigenvalue weighted by molar-refractivity contribution is 4.93. The van der Waals surface area contributed by atoms with Gasteiger partial charge in [0.15, 0.2) is 0 Å². The summed E-state index contributed by atoms with van der Waals surface area (Å²) in [6.07, 6.45) is 5.83. The molecule has 0 aromatic heterocycles. The molecular weight excluding hydrogens is 138 g/mol. The molecule has 0 saturated carbocycles. The van der Waals surface area contributed by atoms with E-state index in [1.54, 1.807) is 0 Å². The number of fused-ring (bicyclic) bond motifs is 2. The number of hydrogen-bond acceptors (Lipinski definition) is 2. The summed E-state index contributed by atoms with van der Waals surface area (Å²) in [7, 11) is 4.10. The van der Waals surface area contributed by atoms with E-state index in [0.29, 0.717) is 6.10 Å². The number of methoxy groups -OCH3 is 1. The van der Waals surface area contributed by atoms with Gasteiger partial charge in [-0.2, -0.15) is 0 Å². The SMILES string of the molecule is COC1CC2CC[C@@H](C1)N2C. The minimum atomic E-state index is 0.545. The van der Waals surface area contributed by atoms with E-state index >= 15 is 0 Å². The number of ether oxygens (including phenoxy) is 1. The lowest BCUT2D eigenvalue weighted by molar-refractivity contribution is 0.0163. The van der Waals surface area contributed by atoms with Gasteiger partial charge in [0.2, 0.25) is 0 Å². The summed E-state index contributed by atoms with van der Waals surface area (Å²) in [5.41, 5.74) is 0. The van der Waals surface area contributed by atoms with Gasteiger partial charge < -0.3 is 9.64 Å². The van der Waals surface area contributed by atoms with Crippen LogP contribution in [0.2, 0.25) is 0 Å². The summed E-state index contributed by atoms with van der Waals surface area (Å²) in [5, 5.41) is 0. The van der Waals surface area contributed by atoms with Crippen LogP contribution in [0.3, 0.4) is 0 Å². The molecule has 0 aliphatic carbocycles.